The number of methoxy groups -OCH3 is 1. The van der Waals surface area contributed by atoms with Crippen LogP contribution in [0.3, 0.4) is 0 Å². The van der Waals surface area contributed by atoms with Gasteiger partial charge in [-0.15, -0.1) is 0 Å². The normalized spacial score (nSPS) is 11.8. The largest absolute Gasteiger partial charge is 0.455 e. The first-order valence-electron chi connectivity index (χ1n) is 7.48. The molecule has 0 radical (unpaired) electrons. The lowest BCUT2D eigenvalue weighted by Gasteiger charge is -2.13. The van der Waals surface area contributed by atoms with Crippen molar-refractivity contribution in [2.24, 2.45) is 0 Å². The van der Waals surface area contributed by atoms with E-state index in [-0.39, 0.29) is 5.78 Å². The molecule has 0 aliphatic rings. The summed E-state index contributed by atoms with van der Waals surface area (Å²) in [6.45, 7) is 5.65. The number of ketones is 1. The van der Waals surface area contributed by atoms with Crippen LogP contribution in [0.4, 0.5) is 0 Å². The smallest absolute Gasteiger partial charge is 0.159 e. The Kier molecular flexibility index (Phi) is 18.1. The summed E-state index contributed by atoms with van der Waals surface area (Å²) >= 11 is 4.26. The summed E-state index contributed by atoms with van der Waals surface area (Å²) in [5.41, 5.74) is 0.638. The van der Waals surface area contributed by atoms with E-state index < -0.39 is 6.10 Å². The van der Waals surface area contributed by atoms with Gasteiger partial charge >= 0.3 is 0 Å². The molecule has 27 heavy (non-hydrogen) atoms. The molecule has 0 bridgehead atoms. The molecule has 9 heteroatoms. The molecule has 0 saturated heterocycles. The van der Waals surface area contributed by atoms with Crippen molar-refractivity contribution >= 4 is 57.8 Å². The minimum Gasteiger partial charge on any atom is -0.455 e. The fraction of sp³-hybridized carbons (Fsp3) is 0.333. The van der Waals surface area contributed by atoms with Crippen molar-refractivity contribution in [3.8, 4) is 5.75 Å². The maximum Gasteiger partial charge on any atom is 0.159 e. The fourth-order valence-corrected chi connectivity index (χ4v) is 3.61. The molecule has 1 aromatic carbocycles. The number of hydrogen-bond donors (Lipinski definition) is 2. The number of Topliss-reactive ketones (excluding diaryl/α,β-unsaturated/α-hetero) is 1. The number of carbonyl (C=O) groups excluding carboxylic acids is 2. The Hall–Kier alpha value is -0.860. The molecule has 0 aromatic heterocycles. The number of rotatable bonds is 8. The number of benzene rings is 1. The quantitative estimate of drug-likeness (QED) is 0.116. The summed E-state index contributed by atoms with van der Waals surface area (Å²) < 4.78 is 12.5. The van der Waals surface area contributed by atoms with Crippen LogP contribution < -0.4 is 4.74 Å². The van der Waals surface area contributed by atoms with Gasteiger partial charge in [-0.2, -0.15) is 0 Å². The number of aliphatic hydroxyl groups is 1. The molecule has 0 amide bonds. The van der Waals surface area contributed by atoms with E-state index in [1.807, 2.05) is 6.79 Å². The zero-order chi connectivity index (χ0) is 21.4. The highest BCUT2D eigenvalue weighted by molar-refractivity contribution is 14.1. The lowest BCUT2D eigenvalue weighted by Crippen LogP contribution is -2.06. The van der Waals surface area contributed by atoms with E-state index in [1.165, 1.54) is 6.92 Å². The standard InChI is InChI=1S/C16H18I2O5.CH4O.CH2O/c1-10(23-20)7-13(5-4-6-21-3)22-16-14(17)8-12(11(2)19)9-15(16)18;2*1-2/h4-5,7-10,20H,6H2,1-3H3;2H,1H3;1H2/b5-4-,13-7+;;. The van der Waals surface area contributed by atoms with Crippen LogP contribution in [0.5, 0.6) is 5.75 Å². The average molecular weight is 606 g/mol. The van der Waals surface area contributed by atoms with Crippen molar-refractivity contribution in [2.75, 3.05) is 20.8 Å². The molecule has 1 aromatic rings. The minimum absolute atomic E-state index is 0.00504. The molecule has 152 valence electrons. The fourth-order valence-electron chi connectivity index (χ4n) is 1.62. The molecule has 1 unspecified atom stereocenters. The molecule has 2 N–H and O–H groups in total. The molecule has 0 heterocycles. The van der Waals surface area contributed by atoms with Gasteiger partial charge in [-0.05, 0) is 83.3 Å². The van der Waals surface area contributed by atoms with Crippen molar-refractivity contribution in [2.45, 2.75) is 20.0 Å². The SMILES string of the molecule is C=O.CO.COC/C=C\C(=C/C(C)OO)Oc1c(I)cc(C(C)=O)cc1I. The van der Waals surface area contributed by atoms with Gasteiger partial charge in [0.15, 0.2) is 11.5 Å². The first-order chi connectivity index (χ1) is 12.9. The molecule has 0 fully saturated rings. The maximum absolute atomic E-state index is 11.5. The minimum atomic E-state index is -0.524. The predicted octanol–water partition coefficient (Wildman–Crippen LogP) is 3.87. The number of halogens is 2. The van der Waals surface area contributed by atoms with Crippen molar-refractivity contribution in [1.82, 2.24) is 0 Å². The number of hydrogen-bond acceptors (Lipinski definition) is 7. The highest BCUT2D eigenvalue weighted by Crippen LogP contribution is 2.31. The first kappa shape index (κ1) is 28.4. The van der Waals surface area contributed by atoms with E-state index in [4.69, 9.17) is 24.6 Å². The lowest BCUT2D eigenvalue weighted by atomic mass is 10.1. The van der Waals surface area contributed by atoms with Crippen molar-refractivity contribution in [1.29, 1.82) is 0 Å². The molecule has 1 rings (SSSR count). The summed E-state index contributed by atoms with van der Waals surface area (Å²) in [6, 6.07) is 3.56. The summed E-state index contributed by atoms with van der Waals surface area (Å²) in [7, 11) is 2.60. The van der Waals surface area contributed by atoms with Gasteiger partial charge in [0.25, 0.3) is 0 Å². The number of carbonyl (C=O) groups is 2. The Balaban J connectivity index is 0. The van der Waals surface area contributed by atoms with Crippen LogP contribution in [-0.2, 0) is 14.4 Å². The molecule has 0 aliphatic heterocycles. The summed E-state index contributed by atoms with van der Waals surface area (Å²) in [5.74, 6) is 1.16. The van der Waals surface area contributed by atoms with E-state index in [0.29, 0.717) is 23.7 Å². The van der Waals surface area contributed by atoms with Crippen molar-refractivity contribution in [3.05, 3.63) is 48.8 Å². The van der Waals surface area contributed by atoms with Crippen LogP contribution in [-0.4, -0.2) is 49.9 Å². The van der Waals surface area contributed by atoms with Gasteiger partial charge in [-0.3, -0.25) is 10.1 Å². The Bertz CT molecular complexity index is 607. The van der Waals surface area contributed by atoms with E-state index in [2.05, 4.69) is 50.1 Å². The van der Waals surface area contributed by atoms with E-state index in [1.54, 1.807) is 44.4 Å². The van der Waals surface area contributed by atoms with E-state index in [0.717, 1.165) is 14.3 Å². The number of allylic oxidation sites excluding steroid dienone is 1. The van der Waals surface area contributed by atoms with Gasteiger partial charge in [0.1, 0.15) is 18.7 Å². The zero-order valence-corrected chi connectivity index (χ0v) is 19.9. The van der Waals surface area contributed by atoms with Crippen molar-refractivity contribution < 1.29 is 34.3 Å². The summed E-state index contributed by atoms with van der Waals surface area (Å²) in [5, 5.41) is 15.7. The highest BCUT2D eigenvalue weighted by Gasteiger charge is 2.13. The van der Waals surface area contributed by atoms with Crippen LogP contribution in [0, 0.1) is 7.14 Å². The monoisotopic (exact) mass is 606 g/mol. The third-order valence-corrected chi connectivity index (χ3v) is 4.34. The highest BCUT2D eigenvalue weighted by atomic mass is 127. The van der Waals surface area contributed by atoms with E-state index >= 15 is 0 Å². The number of ether oxygens (including phenoxy) is 2. The van der Waals surface area contributed by atoms with Gasteiger partial charge < -0.3 is 19.4 Å². The van der Waals surface area contributed by atoms with Crippen LogP contribution in [0.2, 0.25) is 0 Å². The lowest BCUT2D eigenvalue weighted by molar-refractivity contribution is -0.261. The second-order valence-electron chi connectivity index (χ2n) is 4.66. The van der Waals surface area contributed by atoms with Crippen LogP contribution >= 0.6 is 45.2 Å². The summed E-state index contributed by atoms with van der Waals surface area (Å²) in [6.07, 6.45) is 4.64. The Morgan fingerprint density at radius 2 is 1.78 bits per heavy atom. The van der Waals surface area contributed by atoms with Gasteiger partial charge in [0, 0.05) is 19.8 Å². The molecule has 0 aliphatic carbocycles. The summed E-state index contributed by atoms with van der Waals surface area (Å²) in [4.78, 5) is 23.8. The molecular weight excluding hydrogens is 582 g/mol. The van der Waals surface area contributed by atoms with Gasteiger partial charge in [0.2, 0.25) is 0 Å². The van der Waals surface area contributed by atoms with E-state index in [9.17, 15) is 4.79 Å². The Morgan fingerprint density at radius 3 is 2.19 bits per heavy atom. The Morgan fingerprint density at radius 1 is 1.26 bits per heavy atom. The Labute approximate surface area is 186 Å². The predicted molar refractivity (Wildman–Crippen MR) is 120 cm³/mol. The van der Waals surface area contributed by atoms with Crippen LogP contribution in [0.15, 0.2) is 36.1 Å². The van der Waals surface area contributed by atoms with Gasteiger partial charge in [-0.25, -0.2) is 4.89 Å². The molecule has 0 saturated carbocycles. The first-order valence-corrected chi connectivity index (χ1v) is 9.63. The molecular formula is C18H24I2O7. The van der Waals surface area contributed by atoms with Gasteiger partial charge in [-0.1, -0.05) is 6.08 Å². The van der Waals surface area contributed by atoms with Crippen LogP contribution in [0.1, 0.15) is 24.2 Å². The molecule has 1 atom stereocenters. The number of aliphatic hydroxyl groups excluding tert-OH is 1. The molecule has 7 nitrogen and oxygen atoms in total. The maximum atomic E-state index is 11.5. The second kappa shape index (κ2) is 17.3. The van der Waals surface area contributed by atoms with Gasteiger partial charge in [0.05, 0.1) is 13.7 Å². The molecule has 0 spiro atoms. The van der Waals surface area contributed by atoms with Crippen LogP contribution in [0.25, 0.3) is 0 Å². The third-order valence-electron chi connectivity index (χ3n) is 2.73. The third kappa shape index (κ3) is 11.5. The van der Waals surface area contributed by atoms with Crippen molar-refractivity contribution in [3.63, 3.8) is 0 Å². The average Bonchev–Trinajstić information content (AvgIpc) is 2.67. The zero-order valence-electron chi connectivity index (χ0n) is 15.6. The topological polar surface area (TPSA) is 102 Å². The second-order valence-corrected chi connectivity index (χ2v) is 6.99.